The summed E-state index contributed by atoms with van der Waals surface area (Å²) in [6.07, 6.45) is 3.09. The molecular formula is C16H23NO4S. The fourth-order valence-corrected chi connectivity index (χ4v) is 3.64. The molecule has 1 saturated carbocycles. The number of hydrogen-bond donors (Lipinski definition) is 0. The number of rotatable bonds is 7. The zero-order valence-electron chi connectivity index (χ0n) is 13.3. The first-order chi connectivity index (χ1) is 10.3. The van der Waals surface area contributed by atoms with Gasteiger partial charge in [0.05, 0.1) is 12.4 Å². The Bertz CT molecular complexity index is 620. The van der Waals surface area contributed by atoms with Gasteiger partial charge in [-0.05, 0) is 51.0 Å². The monoisotopic (exact) mass is 325 g/mol. The highest BCUT2D eigenvalue weighted by Gasteiger charge is 2.37. The summed E-state index contributed by atoms with van der Waals surface area (Å²) in [6, 6.07) is 6.84. The number of ether oxygens (including phenoxy) is 1. The highest BCUT2D eigenvalue weighted by molar-refractivity contribution is 7.90. The van der Waals surface area contributed by atoms with Gasteiger partial charge in [0, 0.05) is 23.9 Å². The van der Waals surface area contributed by atoms with Crippen molar-refractivity contribution in [2.45, 2.75) is 38.8 Å². The molecule has 0 bridgehead atoms. The van der Waals surface area contributed by atoms with Gasteiger partial charge in [-0.3, -0.25) is 4.79 Å². The summed E-state index contributed by atoms with van der Waals surface area (Å²) in [6.45, 7) is 4.28. The summed E-state index contributed by atoms with van der Waals surface area (Å²) < 4.78 is 28.4. The van der Waals surface area contributed by atoms with Gasteiger partial charge in [-0.2, -0.15) is 0 Å². The van der Waals surface area contributed by atoms with Crippen LogP contribution in [0, 0.1) is 0 Å². The Morgan fingerprint density at radius 2 is 1.91 bits per heavy atom. The maximum Gasteiger partial charge on any atom is 0.254 e. The number of carbonyl (C=O) groups is 1. The number of hydrogen-bond acceptors (Lipinski definition) is 4. The van der Waals surface area contributed by atoms with E-state index in [1.165, 1.54) is 6.26 Å². The lowest BCUT2D eigenvalue weighted by Crippen LogP contribution is -2.43. The summed E-state index contributed by atoms with van der Waals surface area (Å²) >= 11 is 0. The second kappa shape index (κ2) is 6.69. The van der Waals surface area contributed by atoms with E-state index in [1.54, 1.807) is 36.1 Å². The SMILES string of the molecule is CCOc1ccc(C(=O)N(C(C)CS(C)(=O)=O)C2CC2)cc1. The predicted octanol–water partition coefficient (Wildman–Crippen LogP) is 2.12. The number of carbonyl (C=O) groups excluding carboxylic acids is 1. The van der Waals surface area contributed by atoms with Crippen molar-refractivity contribution in [1.82, 2.24) is 4.90 Å². The summed E-state index contributed by atoms with van der Waals surface area (Å²) in [5, 5.41) is 0. The highest BCUT2D eigenvalue weighted by atomic mass is 32.2. The van der Waals surface area contributed by atoms with E-state index in [9.17, 15) is 13.2 Å². The van der Waals surface area contributed by atoms with Gasteiger partial charge in [-0.25, -0.2) is 8.42 Å². The molecule has 6 heteroatoms. The highest BCUT2D eigenvalue weighted by Crippen LogP contribution is 2.30. The van der Waals surface area contributed by atoms with Crippen LogP contribution in [0.5, 0.6) is 5.75 Å². The third-order valence-corrected chi connectivity index (χ3v) is 4.69. The zero-order valence-corrected chi connectivity index (χ0v) is 14.1. The summed E-state index contributed by atoms with van der Waals surface area (Å²) in [5.41, 5.74) is 0.565. The minimum absolute atomic E-state index is 0.00767. The molecule has 1 aromatic rings. The smallest absolute Gasteiger partial charge is 0.254 e. The molecule has 5 nitrogen and oxygen atoms in total. The Kier molecular flexibility index (Phi) is 5.11. The second-order valence-electron chi connectivity index (χ2n) is 5.84. The van der Waals surface area contributed by atoms with Crippen molar-refractivity contribution >= 4 is 15.7 Å². The number of amides is 1. The Morgan fingerprint density at radius 1 is 1.32 bits per heavy atom. The van der Waals surface area contributed by atoms with Gasteiger partial charge in [-0.15, -0.1) is 0 Å². The first kappa shape index (κ1) is 16.8. The van der Waals surface area contributed by atoms with E-state index in [0.29, 0.717) is 12.2 Å². The van der Waals surface area contributed by atoms with Crippen LogP contribution in [-0.4, -0.2) is 49.9 Å². The summed E-state index contributed by atoms with van der Waals surface area (Å²) in [5.74, 6) is 0.606. The molecule has 0 saturated heterocycles. The van der Waals surface area contributed by atoms with Gasteiger partial charge in [0.1, 0.15) is 15.6 Å². The Morgan fingerprint density at radius 3 is 2.36 bits per heavy atom. The molecule has 1 fully saturated rings. The topological polar surface area (TPSA) is 63.7 Å². The molecule has 0 aromatic heterocycles. The van der Waals surface area contributed by atoms with Crippen molar-refractivity contribution in [3.8, 4) is 5.75 Å². The van der Waals surface area contributed by atoms with Gasteiger partial charge in [0.25, 0.3) is 5.91 Å². The minimum Gasteiger partial charge on any atom is -0.494 e. The molecule has 0 radical (unpaired) electrons. The maximum absolute atomic E-state index is 12.7. The molecule has 2 rings (SSSR count). The van der Waals surface area contributed by atoms with E-state index in [0.717, 1.165) is 18.6 Å². The van der Waals surface area contributed by atoms with Gasteiger partial charge < -0.3 is 9.64 Å². The van der Waals surface area contributed by atoms with E-state index in [1.807, 2.05) is 6.92 Å². The first-order valence-corrected chi connectivity index (χ1v) is 9.61. The van der Waals surface area contributed by atoms with E-state index >= 15 is 0 Å². The summed E-state index contributed by atoms with van der Waals surface area (Å²) in [4.78, 5) is 14.4. The van der Waals surface area contributed by atoms with Crippen LogP contribution < -0.4 is 4.74 Å². The molecule has 1 atom stereocenters. The van der Waals surface area contributed by atoms with Crippen molar-refractivity contribution in [2.75, 3.05) is 18.6 Å². The van der Waals surface area contributed by atoms with Crippen LogP contribution in [0.1, 0.15) is 37.0 Å². The lowest BCUT2D eigenvalue weighted by atomic mass is 10.1. The third kappa shape index (κ3) is 4.47. The predicted molar refractivity (Wildman–Crippen MR) is 86.0 cm³/mol. The fourth-order valence-electron chi connectivity index (χ4n) is 2.61. The molecule has 0 spiro atoms. The van der Waals surface area contributed by atoms with Crippen LogP contribution in [0.3, 0.4) is 0 Å². The molecule has 1 amide bonds. The Hall–Kier alpha value is -1.56. The van der Waals surface area contributed by atoms with Crippen LogP contribution in [0.25, 0.3) is 0 Å². The maximum atomic E-state index is 12.7. The largest absolute Gasteiger partial charge is 0.494 e. The van der Waals surface area contributed by atoms with Crippen LogP contribution in [0.4, 0.5) is 0 Å². The van der Waals surface area contributed by atoms with Crippen molar-refractivity contribution in [3.05, 3.63) is 29.8 Å². The third-order valence-electron chi connectivity index (χ3n) is 3.61. The average molecular weight is 325 g/mol. The second-order valence-corrected chi connectivity index (χ2v) is 8.03. The van der Waals surface area contributed by atoms with E-state index in [4.69, 9.17) is 4.74 Å². The standard InChI is InChI=1S/C16H23NO4S/c1-4-21-15-9-5-13(6-10-15)16(18)17(14-7-8-14)12(2)11-22(3,19)20/h5-6,9-10,12,14H,4,7-8,11H2,1-3H3. The minimum atomic E-state index is -3.12. The summed E-state index contributed by atoms with van der Waals surface area (Å²) in [7, 11) is -3.12. The number of nitrogens with zero attached hydrogens (tertiary/aromatic N) is 1. The molecule has 1 aromatic carbocycles. The lowest BCUT2D eigenvalue weighted by Gasteiger charge is -2.29. The van der Waals surface area contributed by atoms with Crippen molar-refractivity contribution in [3.63, 3.8) is 0 Å². The van der Waals surface area contributed by atoms with Crippen molar-refractivity contribution in [1.29, 1.82) is 0 Å². The van der Waals surface area contributed by atoms with E-state index in [2.05, 4.69) is 0 Å². The molecule has 1 aliphatic rings. The molecule has 0 heterocycles. The first-order valence-electron chi connectivity index (χ1n) is 7.55. The fraction of sp³-hybridized carbons (Fsp3) is 0.562. The number of sulfone groups is 1. The van der Waals surface area contributed by atoms with Crippen LogP contribution in [-0.2, 0) is 9.84 Å². The van der Waals surface area contributed by atoms with Crippen molar-refractivity contribution in [2.24, 2.45) is 0 Å². The quantitative estimate of drug-likeness (QED) is 0.770. The molecule has 1 aliphatic carbocycles. The normalized spacial score (nSPS) is 16.1. The van der Waals surface area contributed by atoms with Gasteiger partial charge in [0.2, 0.25) is 0 Å². The zero-order chi connectivity index (χ0) is 16.3. The lowest BCUT2D eigenvalue weighted by molar-refractivity contribution is 0.0692. The molecule has 22 heavy (non-hydrogen) atoms. The number of benzene rings is 1. The van der Waals surface area contributed by atoms with E-state index in [-0.39, 0.29) is 23.7 Å². The molecular weight excluding hydrogens is 302 g/mol. The van der Waals surface area contributed by atoms with Gasteiger partial charge in [-0.1, -0.05) is 0 Å². The van der Waals surface area contributed by atoms with Crippen LogP contribution >= 0.6 is 0 Å². The van der Waals surface area contributed by atoms with Gasteiger partial charge in [0.15, 0.2) is 0 Å². The van der Waals surface area contributed by atoms with Gasteiger partial charge >= 0.3 is 0 Å². The molecule has 0 aliphatic heterocycles. The van der Waals surface area contributed by atoms with E-state index < -0.39 is 9.84 Å². The molecule has 0 N–H and O–H groups in total. The van der Waals surface area contributed by atoms with Crippen LogP contribution in [0.15, 0.2) is 24.3 Å². The Balaban J connectivity index is 2.15. The van der Waals surface area contributed by atoms with Crippen molar-refractivity contribution < 1.29 is 17.9 Å². The molecule has 1 unspecified atom stereocenters. The van der Waals surface area contributed by atoms with Crippen LogP contribution in [0.2, 0.25) is 0 Å². The Labute approximate surface area is 132 Å². The molecule has 122 valence electrons. The average Bonchev–Trinajstić information content (AvgIpc) is 3.22.